The lowest BCUT2D eigenvalue weighted by Gasteiger charge is -2.16. The van der Waals surface area contributed by atoms with Crippen LogP contribution in [0.1, 0.15) is 24.1 Å². The van der Waals surface area contributed by atoms with Crippen LogP contribution in [-0.4, -0.2) is 0 Å². The topological polar surface area (TPSA) is 35.8 Å². The SMILES string of the molecule is CC(Nc1ccc(C#N)cc1F)c1cc(F)cc(F)c1. The van der Waals surface area contributed by atoms with Crippen LogP contribution in [0.5, 0.6) is 0 Å². The Kier molecular flexibility index (Phi) is 3.94. The van der Waals surface area contributed by atoms with Crippen LogP contribution in [0.2, 0.25) is 0 Å². The van der Waals surface area contributed by atoms with Gasteiger partial charge in [0.25, 0.3) is 0 Å². The first-order valence-corrected chi connectivity index (χ1v) is 5.92. The second-order valence-corrected chi connectivity index (χ2v) is 4.38. The van der Waals surface area contributed by atoms with Gasteiger partial charge in [-0.3, -0.25) is 0 Å². The van der Waals surface area contributed by atoms with Gasteiger partial charge >= 0.3 is 0 Å². The van der Waals surface area contributed by atoms with Crippen LogP contribution in [0.15, 0.2) is 36.4 Å². The van der Waals surface area contributed by atoms with Gasteiger partial charge in [-0.25, -0.2) is 13.2 Å². The molecule has 5 heteroatoms. The van der Waals surface area contributed by atoms with Crippen molar-refractivity contribution in [2.24, 2.45) is 0 Å². The quantitative estimate of drug-likeness (QED) is 0.914. The highest BCUT2D eigenvalue weighted by Crippen LogP contribution is 2.23. The van der Waals surface area contributed by atoms with Gasteiger partial charge in [-0.2, -0.15) is 5.26 Å². The maximum Gasteiger partial charge on any atom is 0.147 e. The standard InChI is InChI=1S/C15H11F3N2/c1-9(11-5-12(16)7-13(17)6-11)20-15-3-2-10(8-19)4-14(15)18/h2-7,9,20H,1H3. The number of nitrogens with one attached hydrogen (secondary N) is 1. The van der Waals surface area contributed by atoms with E-state index in [0.717, 1.165) is 12.1 Å². The molecule has 1 atom stereocenters. The van der Waals surface area contributed by atoms with Crippen LogP contribution in [0, 0.1) is 28.8 Å². The number of hydrogen-bond acceptors (Lipinski definition) is 2. The minimum absolute atomic E-state index is 0.168. The second-order valence-electron chi connectivity index (χ2n) is 4.38. The van der Waals surface area contributed by atoms with Crippen molar-refractivity contribution in [3.63, 3.8) is 0 Å². The fourth-order valence-electron chi connectivity index (χ4n) is 1.84. The van der Waals surface area contributed by atoms with Gasteiger partial charge in [0, 0.05) is 12.1 Å². The van der Waals surface area contributed by atoms with Crippen LogP contribution >= 0.6 is 0 Å². The molecule has 0 saturated carbocycles. The molecule has 0 saturated heterocycles. The Hall–Kier alpha value is -2.48. The Morgan fingerprint density at radius 2 is 1.70 bits per heavy atom. The molecular formula is C15H11F3N2. The molecule has 2 aromatic rings. The summed E-state index contributed by atoms with van der Waals surface area (Å²) >= 11 is 0. The molecule has 2 rings (SSSR count). The zero-order chi connectivity index (χ0) is 14.7. The van der Waals surface area contributed by atoms with E-state index in [-0.39, 0.29) is 11.3 Å². The van der Waals surface area contributed by atoms with Crippen molar-refractivity contribution >= 4 is 5.69 Å². The van der Waals surface area contributed by atoms with E-state index < -0.39 is 23.5 Å². The number of benzene rings is 2. The molecule has 0 fully saturated rings. The van der Waals surface area contributed by atoms with Crippen molar-refractivity contribution in [3.05, 3.63) is 65.0 Å². The normalized spacial score (nSPS) is 11.8. The van der Waals surface area contributed by atoms with E-state index >= 15 is 0 Å². The van der Waals surface area contributed by atoms with Gasteiger partial charge in [0.15, 0.2) is 0 Å². The summed E-state index contributed by atoms with van der Waals surface area (Å²) in [6.45, 7) is 1.66. The molecule has 0 radical (unpaired) electrons. The Labute approximate surface area is 114 Å². The molecule has 2 aromatic carbocycles. The first-order chi connectivity index (χ1) is 9.49. The Balaban J connectivity index is 2.23. The summed E-state index contributed by atoms with van der Waals surface area (Å²) in [6, 6.07) is 8.46. The predicted molar refractivity (Wildman–Crippen MR) is 69.5 cm³/mol. The van der Waals surface area contributed by atoms with E-state index in [1.54, 1.807) is 6.92 Å². The molecule has 0 aliphatic rings. The largest absolute Gasteiger partial charge is 0.376 e. The molecule has 2 nitrogen and oxygen atoms in total. The number of halogens is 3. The fourth-order valence-corrected chi connectivity index (χ4v) is 1.84. The minimum atomic E-state index is -0.686. The molecular weight excluding hydrogens is 265 g/mol. The van der Waals surface area contributed by atoms with Gasteiger partial charge in [-0.1, -0.05) is 0 Å². The van der Waals surface area contributed by atoms with Crippen LogP contribution in [0.4, 0.5) is 18.9 Å². The molecule has 0 heterocycles. The zero-order valence-electron chi connectivity index (χ0n) is 10.6. The molecule has 0 aliphatic carbocycles. The van der Waals surface area contributed by atoms with E-state index in [4.69, 9.17) is 5.26 Å². The third-order valence-corrected chi connectivity index (χ3v) is 2.86. The Morgan fingerprint density at radius 3 is 2.25 bits per heavy atom. The lowest BCUT2D eigenvalue weighted by Crippen LogP contribution is -2.08. The zero-order valence-corrected chi connectivity index (χ0v) is 10.6. The van der Waals surface area contributed by atoms with Gasteiger partial charge in [0.1, 0.15) is 17.5 Å². The maximum atomic E-state index is 13.7. The highest BCUT2D eigenvalue weighted by atomic mass is 19.1. The van der Waals surface area contributed by atoms with Crippen molar-refractivity contribution in [1.29, 1.82) is 5.26 Å². The first kappa shape index (κ1) is 13.9. The second kappa shape index (κ2) is 5.66. The van der Waals surface area contributed by atoms with Crippen LogP contribution in [0.25, 0.3) is 0 Å². The average molecular weight is 276 g/mol. The molecule has 1 N–H and O–H groups in total. The van der Waals surface area contributed by atoms with Gasteiger partial charge in [0.2, 0.25) is 0 Å². The lowest BCUT2D eigenvalue weighted by atomic mass is 10.1. The highest BCUT2D eigenvalue weighted by molar-refractivity contribution is 5.50. The van der Waals surface area contributed by atoms with Crippen molar-refractivity contribution in [2.75, 3.05) is 5.32 Å². The summed E-state index contributed by atoms with van der Waals surface area (Å²) in [7, 11) is 0. The monoisotopic (exact) mass is 276 g/mol. The molecule has 0 amide bonds. The molecule has 0 bridgehead atoms. The summed E-state index contributed by atoms with van der Waals surface area (Å²) in [5.41, 5.74) is 0.741. The molecule has 0 spiro atoms. The van der Waals surface area contributed by atoms with Crippen LogP contribution < -0.4 is 5.32 Å². The van der Waals surface area contributed by atoms with Gasteiger partial charge in [-0.15, -0.1) is 0 Å². The van der Waals surface area contributed by atoms with Gasteiger partial charge in [0.05, 0.1) is 17.3 Å². The number of anilines is 1. The summed E-state index contributed by atoms with van der Waals surface area (Å²) in [5, 5.41) is 11.5. The first-order valence-electron chi connectivity index (χ1n) is 5.92. The molecule has 102 valence electrons. The summed E-state index contributed by atoms with van der Waals surface area (Å²) < 4.78 is 40.0. The Bertz CT molecular complexity index is 657. The minimum Gasteiger partial charge on any atom is -0.376 e. The van der Waals surface area contributed by atoms with Crippen molar-refractivity contribution < 1.29 is 13.2 Å². The predicted octanol–water partition coefficient (Wildman–Crippen LogP) is 4.15. The van der Waals surface area contributed by atoms with Crippen molar-refractivity contribution in [2.45, 2.75) is 13.0 Å². The summed E-state index contributed by atoms with van der Waals surface area (Å²) in [6.07, 6.45) is 0. The maximum absolute atomic E-state index is 13.7. The van der Waals surface area contributed by atoms with Crippen LogP contribution in [0.3, 0.4) is 0 Å². The van der Waals surface area contributed by atoms with Gasteiger partial charge < -0.3 is 5.32 Å². The highest BCUT2D eigenvalue weighted by Gasteiger charge is 2.11. The summed E-state index contributed by atoms with van der Waals surface area (Å²) in [5.74, 6) is -1.96. The smallest absolute Gasteiger partial charge is 0.147 e. The van der Waals surface area contributed by atoms with E-state index in [0.29, 0.717) is 5.56 Å². The Morgan fingerprint density at radius 1 is 1.05 bits per heavy atom. The molecule has 1 unspecified atom stereocenters. The summed E-state index contributed by atoms with van der Waals surface area (Å²) in [4.78, 5) is 0. The van der Waals surface area contributed by atoms with E-state index in [1.165, 1.54) is 24.3 Å². The average Bonchev–Trinajstić information content (AvgIpc) is 2.39. The van der Waals surface area contributed by atoms with E-state index in [2.05, 4.69) is 5.32 Å². The van der Waals surface area contributed by atoms with Crippen molar-refractivity contribution in [3.8, 4) is 6.07 Å². The third kappa shape index (κ3) is 3.09. The number of nitrogens with zero attached hydrogens (tertiary/aromatic N) is 1. The van der Waals surface area contributed by atoms with Crippen LogP contribution in [-0.2, 0) is 0 Å². The molecule has 0 aliphatic heterocycles. The lowest BCUT2D eigenvalue weighted by molar-refractivity contribution is 0.577. The number of nitriles is 1. The van der Waals surface area contributed by atoms with E-state index in [9.17, 15) is 13.2 Å². The molecule has 0 aromatic heterocycles. The molecule has 20 heavy (non-hydrogen) atoms. The van der Waals surface area contributed by atoms with Crippen molar-refractivity contribution in [1.82, 2.24) is 0 Å². The number of rotatable bonds is 3. The fraction of sp³-hybridized carbons (Fsp3) is 0.133. The van der Waals surface area contributed by atoms with E-state index in [1.807, 2.05) is 6.07 Å². The number of hydrogen-bond donors (Lipinski definition) is 1. The third-order valence-electron chi connectivity index (χ3n) is 2.86. The van der Waals surface area contributed by atoms with Gasteiger partial charge in [-0.05, 0) is 42.8 Å².